The molecule has 0 saturated heterocycles. The highest BCUT2D eigenvalue weighted by Gasteiger charge is 2.34. The second-order valence-corrected chi connectivity index (χ2v) is 6.83. The van der Waals surface area contributed by atoms with Crippen LogP contribution in [0.1, 0.15) is 40.5 Å². The Kier molecular flexibility index (Phi) is 4.35. The zero-order valence-electron chi connectivity index (χ0n) is 12.7. The van der Waals surface area contributed by atoms with Crippen molar-refractivity contribution in [2.75, 3.05) is 0 Å². The topological polar surface area (TPSA) is 20.2 Å². The van der Waals surface area contributed by atoms with E-state index in [0.29, 0.717) is 23.7 Å². The van der Waals surface area contributed by atoms with Crippen LogP contribution in [0.2, 0.25) is 0 Å². The molecule has 1 nitrogen and oxygen atoms in total. The standard InChI is InChI=1S/C18H28O/c1-13-7-5-8-14(2)16(13)10-11-17-15(3)9-6-12-18(17,4)19/h5-7,10-17,19H,8-9H2,1-4H3/b11-10+. The zero-order chi connectivity index (χ0) is 14.0. The molecule has 106 valence electrons. The predicted molar refractivity (Wildman–Crippen MR) is 81.7 cm³/mol. The lowest BCUT2D eigenvalue weighted by atomic mass is 9.72. The first-order chi connectivity index (χ1) is 8.92. The molecule has 2 aliphatic carbocycles. The molecule has 1 heteroatoms. The molecule has 2 rings (SSSR count). The first kappa shape index (κ1) is 14.6. The van der Waals surface area contributed by atoms with Gasteiger partial charge in [0, 0.05) is 5.92 Å². The summed E-state index contributed by atoms with van der Waals surface area (Å²) in [6, 6.07) is 0. The minimum absolute atomic E-state index is 0.239. The zero-order valence-corrected chi connectivity index (χ0v) is 12.7. The van der Waals surface area contributed by atoms with Gasteiger partial charge in [0.05, 0.1) is 5.60 Å². The van der Waals surface area contributed by atoms with Gasteiger partial charge in [-0.05, 0) is 43.4 Å². The van der Waals surface area contributed by atoms with Crippen LogP contribution in [-0.4, -0.2) is 10.7 Å². The van der Waals surface area contributed by atoms with E-state index in [0.717, 1.165) is 6.42 Å². The van der Waals surface area contributed by atoms with E-state index >= 15 is 0 Å². The van der Waals surface area contributed by atoms with Crippen molar-refractivity contribution in [3.8, 4) is 0 Å². The average Bonchev–Trinajstić information content (AvgIpc) is 2.31. The second-order valence-electron chi connectivity index (χ2n) is 6.83. The molecule has 0 radical (unpaired) electrons. The Balaban J connectivity index is 2.13. The lowest BCUT2D eigenvalue weighted by molar-refractivity contribution is 0.0366. The van der Waals surface area contributed by atoms with Gasteiger partial charge in [0.1, 0.15) is 0 Å². The van der Waals surface area contributed by atoms with E-state index in [-0.39, 0.29) is 5.92 Å². The van der Waals surface area contributed by atoms with Crippen LogP contribution in [0.5, 0.6) is 0 Å². The molecule has 19 heavy (non-hydrogen) atoms. The summed E-state index contributed by atoms with van der Waals surface area (Å²) in [5.41, 5.74) is -0.689. The highest BCUT2D eigenvalue weighted by molar-refractivity contribution is 5.16. The monoisotopic (exact) mass is 260 g/mol. The highest BCUT2D eigenvalue weighted by atomic mass is 16.3. The van der Waals surface area contributed by atoms with Gasteiger partial charge < -0.3 is 5.11 Å². The largest absolute Gasteiger partial charge is 0.385 e. The molecule has 0 aromatic heterocycles. The molecule has 6 atom stereocenters. The van der Waals surface area contributed by atoms with Crippen LogP contribution >= 0.6 is 0 Å². The molecule has 0 bridgehead atoms. The van der Waals surface area contributed by atoms with Gasteiger partial charge in [-0.25, -0.2) is 0 Å². The van der Waals surface area contributed by atoms with Crippen molar-refractivity contribution in [1.82, 2.24) is 0 Å². The van der Waals surface area contributed by atoms with Gasteiger partial charge in [0.2, 0.25) is 0 Å². The van der Waals surface area contributed by atoms with Crippen LogP contribution in [0.3, 0.4) is 0 Å². The number of allylic oxidation sites excluding steroid dienone is 4. The van der Waals surface area contributed by atoms with Crippen LogP contribution in [0.25, 0.3) is 0 Å². The summed E-state index contributed by atoms with van der Waals surface area (Å²) in [6.45, 7) is 8.79. The fourth-order valence-electron chi connectivity index (χ4n) is 3.66. The maximum Gasteiger partial charge on any atom is 0.0864 e. The Labute approximate surface area is 118 Å². The SMILES string of the molecule is CC1C=CCC(C)C1/C=C/C1C(C)CC=CC1(C)O. The van der Waals surface area contributed by atoms with E-state index in [1.54, 1.807) is 0 Å². The van der Waals surface area contributed by atoms with Crippen molar-refractivity contribution >= 4 is 0 Å². The first-order valence-corrected chi connectivity index (χ1v) is 7.67. The third-order valence-corrected chi connectivity index (χ3v) is 5.00. The summed E-state index contributed by atoms with van der Waals surface area (Å²) in [5.74, 6) is 2.68. The van der Waals surface area contributed by atoms with Crippen molar-refractivity contribution in [2.24, 2.45) is 29.6 Å². The molecule has 2 aliphatic rings. The van der Waals surface area contributed by atoms with E-state index in [1.165, 1.54) is 6.42 Å². The van der Waals surface area contributed by atoms with Crippen molar-refractivity contribution in [2.45, 2.75) is 46.1 Å². The molecule has 0 aliphatic heterocycles. The molecule has 0 heterocycles. The minimum Gasteiger partial charge on any atom is -0.385 e. The van der Waals surface area contributed by atoms with Gasteiger partial charge in [-0.3, -0.25) is 0 Å². The van der Waals surface area contributed by atoms with Crippen LogP contribution in [0, 0.1) is 29.6 Å². The fourth-order valence-corrected chi connectivity index (χ4v) is 3.66. The number of rotatable bonds is 2. The summed E-state index contributed by atoms with van der Waals surface area (Å²) in [6.07, 6.45) is 15.6. The summed E-state index contributed by atoms with van der Waals surface area (Å²) in [4.78, 5) is 0. The predicted octanol–water partition coefficient (Wildman–Crippen LogP) is 4.35. The normalized spacial score (nSPS) is 46.9. The molecule has 0 spiro atoms. The number of hydrogen-bond acceptors (Lipinski definition) is 1. The van der Waals surface area contributed by atoms with E-state index in [1.807, 2.05) is 13.0 Å². The lowest BCUT2D eigenvalue weighted by Crippen LogP contribution is -2.37. The van der Waals surface area contributed by atoms with Crippen molar-refractivity contribution in [1.29, 1.82) is 0 Å². The quantitative estimate of drug-likeness (QED) is 0.732. The summed E-state index contributed by atoms with van der Waals surface area (Å²) in [5, 5.41) is 10.5. The molecule has 0 amide bonds. The lowest BCUT2D eigenvalue weighted by Gasteiger charge is -2.37. The van der Waals surface area contributed by atoms with Gasteiger partial charge in [0.25, 0.3) is 0 Å². The summed E-state index contributed by atoms with van der Waals surface area (Å²) < 4.78 is 0. The second kappa shape index (κ2) is 5.66. The van der Waals surface area contributed by atoms with Crippen LogP contribution in [0.15, 0.2) is 36.5 Å². The Morgan fingerprint density at radius 3 is 2.37 bits per heavy atom. The van der Waals surface area contributed by atoms with Crippen molar-refractivity contribution in [3.05, 3.63) is 36.5 Å². The van der Waals surface area contributed by atoms with Crippen LogP contribution < -0.4 is 0 Å². The Hall–Kier alpha value is -0.820. The Morgan fingerprint density at radius 2 is 1.74 bits per heavy atom. The molecule has 1 N–H and O–H groups in total. The van der Waals surface area contributed by atoms with Crippen LogP contribution in [0.4, 0.5) is 0 Å². The maximum absolute atomic E-state index is 10.5. The molecular weight excluding hydrogens is 232 g/mol. The summed E-state index contributed by atoms with van der Waals surface area (Å²) >= 11 is 0. The molecule has 0 fully saturated rings. The smallest absolute Gasteiger partial charge is 0.0864 e. The van der Waals surface area contributed by atoms with E-state index in [2.05, 4.69) is 51.2 Å². The van der Waals surface area contributed by atoms with E-state index in [9.17, 15) is 5.11 Å². The number of aliphatic hydroxyl groups is 1. The molecule has 0 aromatic carbocycles. The minimum atomic E-state index is -0.689. The van der Waals surface area contributed by atoms with E-state index in [4.69, 9.17) is 0 Å². The highest BCUT2D eigenvalue weighted by Crippen LogP contribution is 2.36. The van der Waals surface area contributed by atoms with Gasteiger partial charge in [-0.15, -0.1) is 0 Å². The van der Waals surface area contributed by atoms with Gasteiger partial charge in [0.15, 0.2) is 0 Å². The molecule has 0 saturated carbocycles. The maximum atomic E-state index is 10.5. The van der Waals surface area contributed by atoms with Gasteiger partial charge >= 0.3 is 0 Å². The third-order valence-electron chi connectivity index (χ3n) is 5.00. The van der Waals surface area contributed by atoms with E-state index < -0.39 is 5.60 Å². The van der Waals surface area contributed by atoms with Crippen LogP contribution in [-0.2, 0) is 0 Å². The molecular formula is C18H28O. The van der Waals surface area contributed by atoms with Gasteiger partial charge in [-0.2, -0.15) is 0 Å². The average molecular weight is 260 g/mol. The first-order valence-electron chi connectivity index (χ1n) is 7.67. The molecule has 6 unspecified atom stereocenters. The fraction of sp³-hybridized carbons (Fsp3) is 0.667. The summed E-state index contributed by atoms with van der Waals surface area (Å²) in [7, 11) is 0. The third kappa shape index (κ3) is 3.20. The van der Waals surface area contributed by atoms with Crippen molar-refractivity contribution < 1.29 is 5.11 Å². The number of hydrogen-bond donors (Lipinski definition) is 1. The van der Waals surface area contributed by atoms with Gasteiger partial charge in [-0.1, -0.05) is 57.2 Å². The molecule has 0 aromatic rings. The van der Waals surface area contributed by atoms with Crippen molar-refractivity contribution in [3.63, 3.8) is 0 Å². The Morgan fingerprint density at radius 1 is 1.05 bits per heavy atom. The Bertz CT molecular complexity index is 388.